The number of rotatable bonds is 26. The van der Waals surface area contributed by atoms with E-state index in [9.17, 15) is 48.3 Å². The van der Waals surface area contributed by atoms with Gasteiger partial charge in [-0.2, -0.15) is 0 Å². The summed E-state index contributed by atoms with van der Waals surface area (Å²) in [5.74, 6) is -8.72. The Kier molecular flexibility index (Phi) is 20.6. The minimum atomic E-state index is -1.32. The van der Waals surface area contributed by atoms with Gasteiger partial charge in [-0.25, -0.2) is 4.79 Å². The molecule has 1 aromatic heterocycles. The summed E-state index contributed by atoms with van der Waals surface area (Å²) < 4.78 is 0. The molecule has 70 heavy (non-hydrogen) atoms. The lowest BCUT2D eigenvalue weighted by Crippen LogP contribution is -2.60. The third kappa shape index (κ3) is 16.6. The fourth-order valence-electron chi connectivity index (χ4n) is 7.44. The number of H-pyrrole nitrogens is 1. The van der Waals surface area contributed by atoms with Crippen LogP contribution in [-0.2, 0) is 62.4 Å². The number of amides is 7. The number of carboxylic acids is 2. The first-order valence-electron chi connectivity index (χ1n) is 23.1. The number of aromatic amines is 1. The Morgan fingerprint density at radius 3 is 1.43 bits per heavy atom. The fourth-order valence-corrected chi connectivity index (χ4v) is 7.44. The van der Waals surface area contributed by atoms with Crippen LogP contribution in [0.3, 0.4) is 0 Å². The monoisotopic (exact) mass is 967 g/mol. The average Bonchev–Trinajstić information content (AvgIpc) is 3.73. The molecule has 4 rings (SSSR count). The SMILES string of the molecule is CC(C)[C@H](NC(=O)[C@H](C)NC(=O)[C@H](C)NC(=O)[C@H](Cc1ccccc1)NC(=O)[C@H](Cc1ccccc1)NC(=O)[C@@H](NC(=O)[C@@H](N)CCC(=O)O)C(C)C)C(=O)N[C@@H](Cc1c[nH]c2ccccc12)C(=O)O. The van der Waals surface area contributed by atoms with Gasteiger partial charge in [-0.15, -0.1) is 0 Å². The van der Waals surface area contributed by atoms with Crippen LogP contribution in [-0.4, -0.2) is 117 Å². The molecule has 8 atom stereocenters. The number of nitrogens with one attached hydrogen (secondary N) is 8. The minimum Gasteiger partial charge on any atom is -0.481 e. The fraction of sp³-hybridized carbons (Fsp3) is 0.420. The van der Waals surface area contributed by atoms with E-state index < -0.39 is 113 Å². The summed E-state index contributed by atoms with van der Waals surface area (Å²) in [5, 5.41) is 38.1. The van der Waals surface area contributed by atoms with Gasteiger partial charge in [0.05, 0.1) is 6.04 Å². The molecular formula is C50H65N9O11. The van der Waals surface area contributed by atoms with Crippen LogP contribution >= 0.6 is 0 Å². The summed E-state index contributed by atoms with van der Waals surface area (Å²) in [7, 11) is 0. The Balaban J connectivity index is 1.44. The van der Waals surface area contributed by atoms with Gasteiger partial charge >= 0.3 is 11.9 Å². The molecule has 20 heteroatoms. The Morgan fingerprint density at radius 1 is 0.500 bits per heavy atom. The van der Waals surface area contributed by atoms with Crippen molar-refractivity contribution in [3.05, 3.63) is 108 Å². The molecule has 0 saturated heterocycles. The van der Waals surface area contributed by atoms with Crippen LogP contribution in [0.5, 0.6) is 0 Å². The predicted octanol–water partition coefficient (Wildman–Crippen LogP) is 1.22. The molecule has 0 fully saturated rings. The van der Waals surface area contributed by atoms with Crippen molar-refractivity contribution in [3.8, 4) is 0 Å². The third-order valence-electron chi connectivity index (χ3n) is 11.5. The van der Waals surface area contributed by atoms with Gasteiger partial charge in [-0.05, 0) is 54.9 Å². The summed E-state index contributed by atoms with van der Waals surface area (Å²) >= 11 is 0. The maximum atomic E-state index is 14.2. The second-order valence-corrected chi connectivity index (χ2v) is 17.9. The van der Waals surface area contributed by atoms with Gasteiger partial charge in [0.15, 0.2) is 0 Å². The number of hydrogen-bond acceptors (Lipinski definition) is 10. The lowest BCUT2D eigenvalue weighted by atomic mass is 9.99. The Hall–Kier alpha value is -7.61. The van der Waals surface area contributed by atoms with Crippen LogP contribution in [0, 0.1) is 11.8 Å². The average molecular weight is 968 g/mol. The van der Waals surface area contributed by atoms with Crippen molar-refractivity contribution in [1.82, 2.24) is 42.2 Å². The van der Waals surface area contributed by atoms with Gasteiger partial charge in [0.25, 0.3) is 0 Å². The van der Waals surface area contributed by atoms with E-state index in [0.717, 1.165) is 10.9 Å². The standard InChI is InChI=1S/C50H65N9O11/c1-27(2)41(49(68)57-39(50(69)70)25-33-26-52-36-20-14-13-19-34(33)36)58-44(63)30(6)53-43(62)29(5)54-46(65)37(23-31-15-9-7-10-16-31)55-47(66)38(24-32-17-11-8-12-18-32)56-48(67)42(28(3)4)59-45(64)35(51)21-22-40(60)61/h7-20,26-30,35,37-39,41-42,52H,21-25,51H2,1-6H3,(H,53,62)(H,54,65)(H,55,66)(H,56,67)(H,57,68)(H,58,63)(H,59,64)(H,60,61)(H,69,70)/t29-,30-,35-,37-,38-,39-,41-,42-/m0/s1. The highest BCUT2D eigenvalue weighted by Crippen LogP contribution is 2.20. The zero-order valence-corrected chi connectivity index (χ0v) is 40.1. The van der Waals surface area contributed by atoms with Gasteiger partial charge in [0.1, 0.15) is 42.3 Å². The lowest BCUT2D eigenvalue weighted by molar-refractivity contribution is -0.142. The Labute approximate surface area is 406 Å². The number of carbonyl (C=O) groups is 9. The number of hydrogen-bond donors (Lipinski definition) is 11. The quantitative estimate of drug-likeness (QED) is 0.0423. The van der Waals surface area contributed by atoms with Crippen LogP contribution in [0.1, 0.15) is 71.1 Å². The number of nitrogens with two attached hydrogens (primary N) is 1. The lowest BCUT2D eigenvalue weighted by Gasteiger charge is -2.28. The van der Waals surface area contributed by atoms with Crippen molar-refractivity contribution in [2.45, 2.75) is 122 Å². The first-order valence-corrected chi connectivity index (χ1v) is 23.1. The van der Waals surface area contributed by atoms with Crippen molar-refractivity contribution in [2.24, 2.45) is 17.6 Å². The van der Waals surface area contributed by atoms with Gasteiger partial charge in [0.2, 0.25) is 41.4 Å². The van der Waals surface area contributed by atoms with Crippen LogP contribution in [0.25, 0.3) is 10.9 Å². The molecule has 0 unspecified atom stereocenters. The summed E-state index contributed by atoms with van der Waals surface area (Å²) in [5.41, 5.74) is 8.69. The van der Waals surface area contributed by atoms with Crippen LogP contribution < -0.4 is 43.0 Å². The molecule has 0 bridgehead atoms. The van der Waals surface area contributed by atoms with Crippen molar-refractivity contribution < 1.29 is 53.4 Å². The topological polar surface area (TPSA) is 320 Å². The molecule has 0 radical (unpaired) electrons. The van der Waals surface area contributed by atoms with Gasteiger partial charge in [-0.3, -0.25) is 38.4 Å². The van der Waals surface area contributed by atoms with E-state index >= 15 is 0 Å². The summed E-state index contributed by atoms with van der Waals surface area (Å²) in [6.45, 7) is 9.40. The van der Waals surface area contributed by atoms with Crippen LogP contribution in [0.4, 0.5) is 0 Å². The Bertz CT molecular complexity index is 2460. The van der Waals surface area contributed by atoms with Gasteiger partial charge in [0, 0.05) is 42.8 Å². The number of para-hydroxylation sites is 1. The molecule has 1 heterocycles. The molecule has 20 nitrogen and oxygen atoms in total. The van der Waals surface area contributed by atoms with Crippen molar-refractivity contribution in [2.75, 3.05) is 0 Å². The van der Waals surface area contributed by atoms with Crippen LogP contribution in [0.2, 0.25) is 0 Å². The van der Waals surface area contributed by atoms with Gasteiger partial charge < -0.3 is 58.1 Å². The minimum absolute atomic E-state index is 0.0295. The normalized spacial score (nSPS) is 14.6. The van der Waals surface area contributed by atoms with E-state index in [4.69, 9.17) is 10.8 Å². The molecule has 0 aliphatic rings. The molecule has 0 spiro atoms. The van der Waals surface area contributed by atoms with Crippen molar-refractivity contribution >= 4 is 64.2 Å². The van der Waals surface area contributed by atoms with E-state index in [1.54, 1.807) is 94.6 Å². The van der Waals surface area contributed by atoms with E-state index in [-0.39, 0.29) is 32.1 Å². The molecule has 3 aromatic carbocycles. The number of benzene rings is 3. The summed E-state index contributed by atoms with van der Waals surface area (Å²) in [6.07, 6.45) is 1.04. The van der Waals surface area contributed by atoms with Crippen molar-refractivity contribution in [1.29, 1.82) is 0 Å². The van der Waals surface area contributed by atoms with E-state index in [1.807, 2.05) is 24.3 Å². The van der Waals surface area contributed by atoms with E-state index in [1.165, 1.54) is 13.8 Å². The molecule has 0 aliphatic heterocycles. The largest absolute Gasteiger partial charge is 0.481 e. The Morgan fingerprint density at radius 2 is 0.929 bits per heavy atom. The molecule has 0 saturated carbocycles. The molecule has 7 amide bonds. The smallest absolute Gasteiger partial charge is 0.326 e. The maximum absolute atomic E-state index is 14.2. The zero-order chi connectivity index (χ0) is 51.7. The molecular weight excluding hydrogens is 903 g/mol. The van der Waals surface area contributed by atoms with Crippen molar-refractivity contribution in [3.63, 3.8) is 0 Å². The molecule has 12 N–H and O–H groups in total. The second kappa shape index (κ2) is 26.2. The number of aromatic nitrogens is 1. The first kappa shape index (κ1) is 55.0. The highest BCUT2D eigenvalue weighted by Gasteiger charge is 2.34. The number of aliphatic carboxylic acids is 2. The first-order chi connectivity index (χ1) is 33.1. The predicted molar refractivity (Wildman–Crippen MR) is 259 cm³/mol. The third-order valence-corrected chi connectivity index (χ3v) is 11.5. The summed E-state index contributed by atoms with van der Waals surface area (Å²) in [6, 6.07) is 14.8. The van der Waals surface area contributed by atoms with E-state index in [2.05, 4.69) is 42.2 Å². The molecule has 376 valence electrons. The van der Waals surface area contributed by atoms with Gasteiger partial charge in [-0.1, -0.05) is 107 Å². The zero-order valence-electron chi connectivity index (χ0n) is 40.1. The molecule has 4 aromatic rings. The van der Waals surface area contributed by atoms with E-state index in [0.29, 0.717) is 16.7 Å². The highest BCUT2D eigenvalue weighted by atomic mass is 16.4. The maximum Gasteiger partial charge on any atom is 0.326 e. The highest BCUT2D eigenvalue weighted by molar-refractivity contribution is 5.98. The second-order valence-electron chi connectivity index (χ2n) is 17.9. The number of carbonyl (C=O) groups excluding carboxylic acids is 7. The van der Waals surface area contributed by atoms with Crippen LogP contribution in [0.15, 0.2) is 91.1 Å². The number of fused-ring (bicyclic) bond motifs is 1. The number of carboxylic acid groups (broad SMARTS) is 2. The summed E-state index contributed by atoms with van der Waals surface area (Å²) in [4.78, 5) is 122. The molecule has 0 aliphatic carbocycles.